The quantitative estimate of drug-likeness (QED) is 0.690. The van der Waals surface area contributed by atoms with Gasteiger partial charge in [-0.25, -0.2) is 0 Å². The van der Waals surface area contributed by atoms with Gasteiger partial charge in [-0.2, -0.15) is 5.26 Å². The Morgan fingerprint density at radius 2 is 1.89 bits per heavy atom. The molecule has 0 aromatic rings. The monoisotopic (exact) mass is 263 g/mol. The van der Waals surface area contributed by atoms with Crippen LogP contribution in [0, 0.1) is 16.7 Å². The molecule has 0 amide bonds. The van der Waals surface area contributed by atoms with E-state index in [1.807, 2.05) is 13.8 Å². The van der Waals surface area contributed by atoms with Gasteiger partial charge >= 0.3 is 0 Å². The highest BCUT2D eigenvalue weighted by atomic mass is 15.3. The summed E-state index contributed by atoms with van der Waals surface area (Å²) >= 11 is 0. The van der Waals surface area contributed by atoms with E-state index in [-0.39, 0.29) is 5.41 Å². The number of unbranched alkanes of at least 4 members (excludes halogenated alkanes) is 1. The van der Waals surface area contributed by atoms with Crippen molar-refractivity contribution in [3.8, 4) is 6.07 Å². The van der Waals surface area contributed by atoms with Gasteiger partial charge in [0.2, 0.25) is 0 Å². The molecule has 108 valence electrons. The lowest BCUT2D eigenvalue weighted by Gasteiger charge is -2.24. The molecule has 2 fully saturated rings. The summed E-state index contributed by atoms with van der Waals surface area (Å²) in [5.41, 5.74) is -0.136. The molecular weight excluding hydrogens is 234 g/mol. The van der Waals surface area contributed by atoms with Gasteiger partial charge in [-0.15, -0.1) is 0 Å². The molecular formula is C16H29N3. The van der Waals surface area contributed by atoms with Crippen molar-refractivity contribution < 1.29 is 0 Å². The molecule has 2 saturated heterocycles. The second-order valence-electron chi connectivity index (χ2n) is 6.94. The van der Waals surface area contributed by atoms with Crippen molar-refractivity contribution in [1.29, 1.82) is 5.26 Å². The van der Waals surface area contributed by atoms with Crippen LogP contribution in [0.25, 0.3) is 0 Å². The highest BCUT2D eigenvalue weighted by Crippen LogP contribution is 2.23. The summed E-state index contributed by atoms with van der Waals surface area (Å²) in [4.78, 5) is 5.32. The van der Waals surface area contributed by atoms with E-state index >= 15 is 0 Å². The average Bonchev–Trinajstić information content (AvgIpc) is 3.05. The Hall–Kier alpha value is -0.590. The summed E-state index contributed by atoms with van der Waals surface area (Å²) in [7, 11) is 0. The van der Waals surface area contributed by atoms with Gasteiger partial charge in [-0.1, -0.05) is 6.42 Å². The Morgan fingerprint density at radius 3 is 2.58 bits per heavy atom. The molecule has 0 aromatic carbocycles. The Morgan fingerprint density at radius 1 is 1.16 bits per heavy atom. The Bertz CT molecular complexity index is 312. The maximum absolute atomic E-state index is 8.99. The fourth-order valence-electron chi connectivity index (χ4n) is 3.38. The van der Waals surface area contributed by atoms with Gasteiger partial charge in [0.25, 0.3) is 0 Å². The van der Waals surface area contributed by atoms with Crippen molar-refractivity contribution in [2.45, 2.75) is 58.4 Å². The molecule has 0 saturated carbocycles. The fraction of sp³-hybridized carbons (Fsp3) is 0.938. The van der Waals surface area contributed by atoms with Crippen LogP contribution in [0.15, 0.2) is 0 Å². The van der Waals surface area contributed by atoms with Crippen LogP contribution in [0.4, 0.5) is 0 Å². The lowest BCUT2D eigenvalue weighted by molar-refractivity contribution is 0.230. The molecule has 0 aromatic heterocycles. The number of hydrogen-bond donors (Lipinski definition) is 0. The van der Waals surface area contributed by atoms with Crippen molar-refractivity contribution in [3.63, 3.8) is 0 Å². The summed E-state index contributed by atoms with van der Waals surface area (Å²) in [5.74, 6) is 0. The minimum absolute atomic E-state index is 0.136. The molecule has 2 heterocycles. The SMILES string of the molecule is CC(C)(C#N)CCCCN1CCC(N2CCCC2)C1. The average molecular weight is 263 g/mol. The summed E-state index contributed by atoms with van der Waals surface area (Å²) < 4.78 is 0. The van der Waals surface area contributed by atoms with Crippen LogP contribution in [-0.2, 0) is 0 Å². The molecule has 1 atom stereocenters. The fourth-order valence-corrected chi connectivity index (χ4v) is 3.38. The molecule has 2 rings (SSSR count). The highest BCUT2D eigenvalue weighted by molar-refractivity contribution is 4.91. The van der Waals surface area contributed by atoms with E-state index in [1.165, 1.54) is 64.8 Å². The first-order chi connectivity index (χ1) is 9.11. The molecule has 0 aliphatic carbocycles. The van der Waals surface area contributed by atoms with Crippen LogP contribution in [0.5, 0.6) is 0 Å². The Balaban J connectivity index is 1.59. The molecule has 19 heavy (non-hydrogen) atoms. The van der Waals surface area contributed by atoms with E-state index < -0.39 is 0 Å². The number of likely N-dealkylation sites (tertiary alicyclic amines) is 2. The standard InChI is InChI=1S/C16H29N3/c1-16(2,14-17)8-3-4-9-18-12-7-15(13-18)19-10-5-6-11-19/h15H,3-13H2,1-2H3. The van der Waals surface area contributed by atoms with Gasteiger partial charge in [0.1, 0.15) is 0 Å². The summed E-state index contributed by atoms with van der Waals surface area (Å²) in [6.07, 6.45) is 7.64. The summed E-state index contributed by atoms with van der Waals surface area (Å²) in [5, 5.41) is 8.99. The van der Waals surface area contributed by atoms with Crippen LogP contribution in [0.3, 0.4) is 0 Å². The summed E-state index contributed by atoms with van der Waals surface area (Å²) in [6, 6.07) is 3.23. The molecule has 0 spiro atoms. The predicted octanol–water partition coefficient (Wildman–Crippen LogP) is 2.88. The van der Waals surface area contributed by atoms with Crippen molar-refractivity contribution in [3.05, 3.63) is 0 Å². The van der Waals surface area contributed by atoms with E-state index in [0.717, 1.165) is 12.5 Å². The highest BCUT2D eigenvalue weighted by Gasteiger charge is 2.28. The van der Waals surface area contributed by atoms with E-state index in [2.05, 4.69) is 15.9 Å². The molecule has 0 N–H and O–H groups in total. The largest absolute Gasteiger partial charge is 0.302 e. The van der Waals surface area contributed by atoms with Gasteiger partial charge in [-0.05, 0) is 72.1 Å². The molecule has 3 heteroatoms. The first-order valence-electron chi connectivity index (χ1n) is 7.98. The molecule has 0 radical (unpaired) electrons. The topological polar surface area (TPSA) is 30.3 Å². The Labute approximate surface area is 118 Å². The van der Waals surface area contributed by atoms with Crippen LogP contribution in [-0.4, -0.2) is 48.6 Å². The smallest absolute Gasteiger partial charge is 0.0683 e. The van der Waals surface area contributed by atoms with Crippen molar-refractivity contribution in [1.82, 2.24) is 9.80 Å². The lowest BCUT2D eigenvalue weighted by atomic mass is 9.89. The van der Waals surface area contributed by atoms with E-state index in [0.29, 0.717) is 0 Å². The van der Waals surface area contributed by atoms with Gasteiger partial charge in [0.15, 0.2) is 0 Å². The normalized spacial score (nSPS) is 25.8. The maximum atomic E-state index is 8.99. The maximum Gasteiger partial charge on any atom is 0.0683 e. The van der Waals surface area contributed by atoms with E-state index in [1.54, 1.807) is 0 Å². The number of nitriles is 1. The predicted molar refractivity (Wildman–Crippen MR) is 78.9 cm³/mol. The molecule has 0 bridgehead atoms. The van der Waals surface area contributed by atoms with Crippen LogP contribution in [0.2, 0.25) is 0 Å². The molecule has 3 nitrogen and oxygen atoms in total. The van der Waals surface area contributed by atoms with Crippen LogP contribution < -0.4 is 0 Å². The molecule has 1 unspecified atom stereocenters. The third-order valence-corrected chi connectivity index (χ3v) is 4.73. The zero-order valence-corrected chi connectivity index (χ0v) is 12.7. The molecule has 2 aliphatic heterocycles. The van der Waals surface area contributed by atoms with E-state index in [4.69, 9.17) is 5.26 Å². The van der Waals surface area contributed by atoms with Gasteiger partial charge < -0.3 is 4.90 Å². The van der Waals surface area contributed by atoms with Gasteiger partial charge in [-0.3, -0.25) is 4.90 Å². The molecule has 2 aliphatic rings. The van der Waals surface area contributed by atoms with Crippen molar-refractivity contribution in [2.24, 2.45) is 5.41 Å². The van der Waals surface area contributed by atoms with Crippen molar-refractivity contribution in [2.75, 3.05) is 32.7 Å². The third-order valence-electron chi connectivity index (χ3n) is 4.73. The number of hydrogen-bond acceptors (Lipinski definition) is 3. The summed E-state index contributed by atoms with van der Waals surface area (Å²) in [6.45, 7) is 10.5. The number of nitrogens with zero attached hydrogens (tertiary/aromatic N) is 3. The number of rotatable bonds is 6. The lowest BCUT2D eigenvalue weighted by Crippen LogP contribution is -2.35. The van der Waals surface area contributed by atoms with Gasteiger partial charge in [0, 0.05) is 12.6 Å². The zero-order valence-electron chi connectivity index (χ0n) is 12.7. The first kappa shape index (κ1) is 14.8. The van der Waals surface area contributed by atoms with E-state index in [9.17, 15) is 0 Å². The van der Waals surface area contributed by atoms with Crippen LogP contribution in [0.1, 0.15) is 52.4 Å². The van der Waals surface area contributed by atoms with Crippen LogP contribution >= 0.6 is 0 Å². The van der Waals surface area contributed by atoms with Gasteiger partial charge in [0.05, 0.1) is 11.5 Å². The minimum atomic E-state index is -0.136. The third kappa shape index (κ3) is 4.47. The Kier molecular flexibility index (Phi) is 5.24. The zero-order chi connectivity index (χ0) is 13.7. The van der Waals surface area contributed by atoms with Crippen molar-refractivity contribution >= 4 is 0 Å². The second kappa shape index (κ2) is 6.72. The minimum Gasteiger partial charge on any atom is -0.302 e. The second-order valence-corrected chi connectivity index (χ2v) is 6.94. The first-order valence-corrected chi connectivity index (χ1v) is 7.98.